The second-order valence-electron chi connectivity index (χ2n) is 6.33. The molecule has 9 heteroatoms. The highest BCUT2D eigenvalue weighted by atomic mass is 32.1. The number of piperazine rings is 1. The van der Waals surface area contributed by atoms with Gasteiger partial charge in [-0.3, -0.25) is 4.79 Å². The number of carbonyl (C=O) groups is 1. The average Bonchev–Trinajstić information content (AvgIpc) is 3.11. The van der Waals surface area contributed by atoms with Gasteiger partial charge in [0.1, 0.15) is 5.69 Å². The minimum Gasteiger partial charge on any atom is -0.351 e. The third-order valence-corrected chi connectivity index (χ3v) is 5.16. The summed E-state index contributed by atoms with van der Waals surface area (Å²) in [5, 5.41) is 6.89. The predicted molar refractivity (Wildman–Crippen MR) is 87.5 cm³/mol. The van der Waals surface area contributed by atoms with Crippen molar-refractivity contribution in [3.63, 3.8) is 0 Å². The van der Waals surface area contributed by atoms with Crippen LogP contribution in [0.3, 0.4) is 0 Å². The van der Waals surface area contributed by atoms with Crippen molar-refractivity contribution in [2.75, 3.05) is 13.1 Å². The number of amides is 1. The fourth-order valence-corrected chi connectivity index (χ4v) is 4.07. The van der Waals surface area contributed by atoms with E-state index in [4.69, 9.17) is 0 Å². The fourth-order valence-electron chi connectivity index (χ4n) is 3.06. The van der Waals surface area contributed by atoms with Crippen molar-refractivity contribution in [1.82, 2.24) is 15.4 Å². The van der Waals surface area contributed by atoms with Crippen LogP contribution >= 0.6 is 11.3 Å². The van der Waals surface area contributed by atoms with Crippen LogP contribution < -0.4 is 5.32 Å². The molecule has 1 N–H and O–H groups in total. The first-order chi connectivity index (χ1) is 11.7. The summed E-state index contributed by atoms with van der Waals surface area (Å²) in [5.41, 5.74) is 0.0520. The van der Waals surface area contributed by atoms with Gasteiger partial charge >= 0.3 is 6.18 Å². The Kier molecular flexibility index (Phi) is 4.63. The number of alkyl halides is 3. The minimum atomic E-state index is -4.58. The molecule has 5 nitrogen and oxygen atoms in total. The highest BCUT2D eigenvalue weighted by molar-refractivity contribution is 7.17. The molecule has 2 aromatic heterocycles. The van der Waals surface area contributed by atoms with Gasteiger partial charge in [-0.1, -0.05) is 5.16 Å². The molecular weight excluding hydrogens is 355 g/mol. The SMILES string of the molecule is Cc1c(-c2ccc(C(=O)N3C[C@@H](C)N[C@@H](C)C3)s2)noc1C(F)(F)F. The maximum atomic E-state index is 12.8. The van der Waals surface area contributed by atoms with E-state index < -0.39 is 11.9 Å². The summed E-state index contributed by atoms with van der Waals surface area (Å²) in [7, 11) is 0. The van der Waals surface area contributed by atoms with Crippen LogP contribution in [-0.2, 0) is 6.18 Å². The number of thiophene rings is 1. The molecule has 0 saturated carbocycles. The minimum absolute atomic E-state index is 0.0715. The molecule has 3 rings (SSSR count). The highest BCUT2D eigenvalue weighted by Gasteiger charge is 2.39. The summed E-state index contributed by atoms with van der Waals surface area (Å²) in [4.78, 5) is 15.4. The zero-order valence-electron chi connectivity index (χ0n) is 14.0. The van der Waals surface area contributed by atoms with Gasteiger partial charge in [-0.05, 0) is 32.9 Å². The number of nitrogens with one attached hydrogen (secondary N) is 1. The lowest BCUT2D eigenvalue weighted by Crippen LogP contribution is -2.55. The molecule has 1 amide bonds. The number of rotatable bonds is 2. The molecule has 0 spiro atoms. The molecule has 2 atom stereocenters. The Morgan fingerprint density at radius 2 is 1.96 bits per heavy atom. The van der Waals surface area contributed by atoms with Crippen molar-refractivity contribution in [3.05, 3.63) is 28.3 Å². The summed E-state index contributed by atoms with van der Waals surface area (Å²) in [6.07, 6.45) is -4.58. The van der Waals surface area contributed by atoms with Gasteiger partial charge in [0.2, 0.25) is 5.76 Å². The quantitative estimate of drug-likeness (QED) is 0.875. The van der Waals surface area contributed by atoms with Crippen LogP contribution in [0.1, 0.15) is 34.8 Å². The summed E-state index contributed by atoms with van der Waals surface area (Å²) >= 11 is 1.13. The lowest BCUT2D eigenvalue weighted by molar-refractivity contribution is -0.156. The smallest absolute Gasteiger partial charge is 0.351 e. The molecule has 1 aliphatic rings. The van der Waals surface area contributed by atoms with E-state index in [0.29, 0.717) is 22.8 Å². The van der Waals surface area contributed by atoms with Crippen LogP contribution in [0.4, 0.5) is 13.2 Å². The first-order valence-corrected chi connectivity index (χ1v) is 8.67. The van der Waals surface area contributed by atoms with Crippen LogP contribution in [0, 0.1) is 6.92 Å². The van der Waals surface area contributed by atoms with Gasteiger partial charge in [0, 0.05) is 30.7 Å². The van der Waals surface area contributed by atoms with Gasteiger partial charge in [0.15, 0.2) is 0 Å². The Bertz CT molecular complexity index is 774. The molecule has 1 aliphatic heterocycles. The molecule has 25 heavy (non-hydrogen) atoms. The number of carbonyl (C=O) groups excluding carboxylic acids is 1. The largest absolute Gasteiger partial charge is 0.452 e. The normalized spacial score (nSPS) is 21.6. The second kappa shape index (κ2) is 6.45. The molecule has 0 radical (unpaired) electrons. The highest BCUT2D eigenvalue weighted by Crippen LogP contribution is 2.38. The Morgan fingerprint density at radius 3 is 2.52 bits per heavy atom. The molecule has 0 aliphatic carbocycles. The number of aromatic nitrogens is 1. The molecule has 1 saturated heterocycles. The lowest BCUT2D eigenvalue weighted by Gasteiger charge is -2.35. The van der Waals surface area contributed by atoms with Gasteiger partial charge in [0.05, 0.1) is 9.75 Å². The molecule has 3 heterocycles. The van der Waals surface area contributed by atoms with Crippen LogP contribution in [0.15, 0.2) is 16.7 Å². The lowest BCUT2D eigenvalue weighted by atomic mass is 10.1. The van der Waals surface area contributed by atoms with Gasteiger partial charge < -0.3 is 14.7 Å². The van der Waals surface area contributed by atoms with E-state index in [-0.39, 0.29) is 29.2 Å². The van der Waals surface area contributed by atoms with Crippen molar-refractivity contribution in [2.24, 2.45) is 0 Å². The molecular formula is C16H18F3N3O2S. The molecule has 2 aromatic rings. The Balaban J connectivity index is 1.83. The third-order valence-electron chi connectivity index (χ3n) is 4.08. The summed E-state index contributed by atoms with van der Waals surface area (Å²) in [6, 6.07) is 3.62. The van der Waals surface area contributed by atoms with Crippen molar-refractivity contribution < 1.29 is 22.5 Å². The van der Waals surface area contributed by atoms with Crippen LogP contribution in [-0.4, -0.2) is 41.1 Å². The van der Waals surface area contributed by atoms with Crippen LogP contribution in [0.2, 0.25) is 0 Å². The molecule has 1 fully saturated rings. The standard InChI is InChI=1S/C16H18F3N3O2S/c1-8-6-22(7-9(2)20-8)15(23)12-5-4-11(25-12)13-10(3)14(24-21-13)16(17,18)19/h4-5,8-9,20H,6-7H2,1-3H3/t8-,9+. The van der Waals surface area contributed by atoms with E-state index in [1.54, 1.807) is 17.0 Å². The van der Waals surface area contributed by atoms with Crippen LogP contribution in [0.25, 0.3) is 10.6 Å². The number of hydrogen-bond donors (Lipinski definition) is 1. The zero-order valence-corrected chi connectivity index (χ0v) is 14.8. The summed E-state index contributed by atoms with van der Waals surface area (Å²) in [5.74, 6) is -1.22. The Labute approximate surface area is 146 Å². The number of halogens is 3. The fraction of sp³-hybridized carbons (Fsp3) is 0.500. The average molecular weight is 373 g/mol. The Hall–Kier alpha value is -1.87. The van der Waals surface area contributed by atoms with Crippen LogP contribution in [0.5, 0.6) is 0 Å². The maximum Gasteiger partial charge on any atom is 0.452 e. The van der Waals surface area contributed by atoms with E-state index in [0.717, 1.165) is 11.3 Å². The zero-order chi connectivity index (χ0) is 18.4. The van der Waals surface area contributed by atoms with Crippen molar-refractivity contribution in [1.29, 1.82) is 0 Å². The molecule has 136 valence electrons. The molecule has 0 bridgehead atoms. The summed E-state index contributed by atoms with van der Waals surface area (Å²) < 4.78 is 42.9. The maximum absolute atomic E-state index is 12.8. The van der Waals surface area contributed by atoms with E-state index >= 15 is 0 Å². The predicted octanol–water partition coefficient (Wildman–Crippen LogP) is 3.55. The number of hydrogen-bond acceptors (Lipinski definition) is 5. The number of nitrogens with zero attached hydrogens (tertiary/aromatic N) is 2. The van der Waals surface area contributed by atoms with Crippen molar-refractivity contribution in [2.45, 2.75) is 39.0 Å². The molecule has 0 aromatic carbocycles. The van der Waals surface area contributed by atoms with E-state index in [2.05, 4.69) is 15.0 Å². The topological polar surface area (TPSA) is 58.4 Å². The first-order valence-electron chi connectivity index (χ1n) is 7.85. The first kappa shape index (κ1) is 17.9. The summed E-state index contributed by atoms with van der Waals surface area (Å²) in [6.45, 7) is 6.52. The third kappa shape index (κ3) is 3.57. The van der Waals surface area contributed by atoms with Gasteiger partial charge in [-0.25, -0.2) is 0 Å². The van der Waals surface area contributed by atoms with Gasteiger partial charge in [0.25, 0.3) is 5.91 Å². The second-order valence-corrected chi connectivity index (χ2v) is 7.41. The molecule has 0 unspecified atom stereocenters. The van der Waals surface area contributed by atoms with Crippen molar-refractivity contribution >= 4 is 17.2 Å². The Morgan fingerprint density at radius 1 is 1.32 bits per heavy atom. The monoisotopic (exact) mass is 373 g/mol. The van der Waals surface area contributed by atoms with Gasteiger partial charge in [-0.15, -0.1) is 11.3 Å². The van der Waals surface area contributed by atoms with E-state index in [9.17, 15) is 18.0 Å². The van der Waals surface area contributed by atoms with E-state index in [1.165, 1.54) is 6.92 Å². The van der Waals surface area contributed by atoms with Crippen molar-refractivity contribution in [3.8, 4) is 10.6 Å². The van der Waals surface area contributed by atoms with Gasteiger partial charge in [-0.2, -0.15) is 13.2 Å². The van der Waals surface area contributed by atoms with E-state index in [1.807, 2.05) is 13.8 Å².